The summed E-state index contributed by atoms with van der Waals surface area (Å²) in [5.74, 6) is 1.90. The molecule has 0 aliphatic rings. The lowest BCUT2D eigenvalue weighted by Crippen LogP contribution is -2.10. The van der Waals surface area contributed by atoms with Gasteiger partial charge in [-0.3, -0.25) is 9.08 Å². The molecule has 1 unspecified atom stereocenters. The van der Waals surface area contributed by atoms with Gasteiger partial charge in [-0.2, -0.15) is 10.2 Å². The third-order valence-corrected chi connectivity index (χ3v) is 4.23. The zero-order chi connectivity index (χ0) is 18.4. The van der Waals surface area contributed by atoms with E-state index in [2.05, 4.69) is 25.4 Å². The van der Waals surface area contributed by atoms with Gasteiger partial charge < -0.3 is 5.11 Å². The normalized spacial score (nSPS) is 13.0. The first-order valence-electron chi connectivity index (χ1n) is 8.40. The van der Waals surface area contributed by atoms with Crippen LogP contribution in [-0.2, 0) is 7.05 Å². The van der Waals surface area contributed by atoms with Gasteiger partial charge >= 0.3 is 0 Å². The molecular weight excluding hydrogens is 332 g/mol. The molecule has 0 fully saturated rings. The number of aromatic nitrogens is 8. The Morgan fingerprint density at radius 2 is 1.92 bits per heavy atom. The number of rotatable bonds is 4. The summed E-state index contributed by atoms with van der Waals surface area (Å²) in [5, 5.41) is 27.4. The summed E-state index contributed by atoms with van der Waals surface area (Å²) in [6.45, 7) is 5.73. The zero-order valence-corrected chi connectivity index (χ0v) is 15.1. The average Bonchev–Trinajstić information content (AvgIpc) is 3.31. The minimum Gasteiger partial charge on any atom is -0.385 e. The molecule has 0 aliphatic carbocycles. The molecule has 1 atom stereocenters. The SMILES string of the molecule is Cc1nc(-c2ccc3nnc(C(O)C(C)C)n3c2)n(-c2cnn(C)c2)n1. The van der Waals surface area contributed by atoms with Crippen molar-refractivity contribution in [1.82, 2.24) is 39.1 Å². The second-order valence-corrected chi connectivity index (χ2v) is 6.66. The van der Waals surface area contributed by atoms with Crippen molar-refractivity contribution < 1.29 is 5.11 Å². The average molecular weight is 352 g/mol. The monoisotopic (exact) mass is 352 g/mol. The van der Waals surface area contributed by atoms with E-state index in [-0.39, 0.29) is 5.92 Å². The molecule has 9 nitrogen and oxygen atoms in total. The van der Waals surface area contributed by atoms with Crippen molar-refractivity contribution in [2.75, 3.05) is 0 Å². The summed E-state index contributed by atoms with van der Waals surface area (Å²) in [7, 11) is 1.86. The third-order valence-electron chi connectivity index (χ3n) is 4.23. The number of nitrogens with zero attached hydrogens (tertiary/aromatic N) is 8. The highest BCUT2D eigenvalue weighted by Gasteiger charge is 2.20. The van der Waals surface area contributed by atoms with E-state index < -0.39 is 6.10 Å². The number of aliphatic hydroxyl groups is 1. The first-order valence-corrected chi connectivity index (χ1v) is 8.40. The van der Waals surface area contributed by atoms with E-state index in [1.165, 1.54) is 0 Å². The van der Waals surface area contributed by atoms with Gasteiger partial charge in [-0.1, -0.05) is 13.8 Å². The standard InChI is InChI=1S/C17H20N8O/c1-10(2)15(26)17-21-20-14-6-5-12(8-24(14)17)16-19-11(3)22-25(16)13-7-18-23(4)9-13/h5-10,15,26H,1-4H3. The Bertz CT molecular complexity index is 1070. The van der Waals surface area contributed by atoms with Crippen molar-refractivity contribution in [2.45, 2.75) is 26.9 Å². The molecule has 4 rings (SSSR count). The summed E-state index contributed by atoms with van der Waals surface area (Å²) in [6, 6.07) is 3.78. The Balaban J connectivity index is 1.86. The lowest BCUT2D eigenvalue weighted by Gasteiger charge is -2.12. The molecule has 0 spiro atoms. The van der Waals surface area contributed by atoms with Crippen molar-refractivity contribution in [3.05, 3.63) is 42.4 Å². The lowest BCUT2D eigenvalue weighted by atomic mass is 10.1. The molecule has 0 saturated heterocycles. The van der Waals surface area contributed by atoms with Crippen molar-refractivity contribution in [3.63, 3.8) is 0 Å². The van der Waals surface area contributed by atoms with Crippen LogP contribution in [0.5, 0.6) is 0 Å². The third kappa shape index (κ3) is 2.66. The molecule has 0 aromatic carbocycles. The first kappa shape index (κ1) is 16.4. The van der Waals surface area contributed by atoms with Crippen LogP contribution in [0.4, 0.5) is 0 Å². The topological polar surface area (TPSA) is 99.0 Å². The fraction of sp³-hybridized carbons (Fsp3) is 0.353. The van der Waals surface area contributed by atoms with Gasteiger partial charge in [0.25, 0.3) is 0 Å². The Labute approximate surface area is 149 Å². The molecule has 0 saturated carbocycles. The van der Waals surface area contributed by atoms with Gasteiger partial charge in [-0.05, 0) is 25.0 Å². The number of pyridine rings is 1. The molecule has 0 aliphatic heterocycles. The molecule has 26 heavy (non-hydrogen) atoms. The van der Waals surface area contributed by atoms with E-state index in [9.17, 15) is 5.11 Å². The van der Waals surface area contributed by atoms with Crippen LogP contribution in [0.25, 0.3) is 22.7 Å². The molecule has 134 valence electrons. The lowest BCUT2D eigenvalue weighted by molar-refractivity contribution is 0.116. The van der Waals surface area contributed by atoms with Crippen LogP contribution in [0.1, 0.15) is 31.6 Å². The molecule has 0 bridgehead atoms. The highest BCUT2D eigenvalue weighted by Crippen LogP contribution is 2.25. The van der Waals surface area contributed by atoms with E-state index in [0.29, 0.717) is 23.1 Å². The predicted molar refractivity (Wildman–Crippen MR) is 94.6 cm³/mol. The van der Waals surface area contributed by atoms with E-state index in [4.69, 9.17) is 0 Å². The van der Waals surface area contributed by atoms with Crippen LogP contribution in [-0.4, -0.2) is 44.2 Å². The Morgan fingerprint density at radius 3 is 2.62 bits per heavy atom. The Hall–Kier alpha value is -3.07. The Morgan fingerprint density at radius 1 is 1.12 bits per heavy atom. The Kier molecular flexibility index (Phi) is 3.80. The summed E-state index contributed by atoms with van der Waals surface area (Å²) in [6.07, 6.45) is 4.80. The first-order chi connectivity index (χ1) is 12.4. The van der Waals surface area contributed by atoms with Crippen LogP contribution < -0.4 is 0 Å². The van der Waals surface area contributed by atoms with Gasteiger partial charge in [-0.25, -0.2) is 9.67 Å². The molecular formula is C17H20N8O. The summed E-state index contributed by atoms with van der Waals surface area (Å²) in [4.78, 5) is 4.57. The number of hydrogen-bond acceptors (Lipinski definition) is 6. The van der Waals surface area contributed by atoms with E-state index in [0.717, 1.165) is 11.3 Å². The second kappa shape index (κ2) is 6.03. The maximum atomic E-state index is 10.4. The highest BCUT2D eigenvalue weighted by atomic mass is 16.3. The predicted octanol–water partition coefficient (Wildman–Crippen LogP) is 1.71. The molecule has 9 heteroatoms. The largest absolute Gasteiger partial charge is 0.385 e. The summed E-state index contributed by atoms with van der Waals surface area (Å²) in [5.41, 5.74) is 2.35. The zero-order valence-electron chi connectivity index (χ0n) is 15.1. The molecule has 4 aromatic heterocycles. The summed E-state index contributed by atoms with van der Waals surface area (Å²) < 4.78 is 5.28. The molecule has 0 radical (unpaired) electrons. The quantitative estimate of drug-likeness (QED) is 0.600. The van der Waals surface area contributed by atoms with Gasteiger partial charge in [0, 0.05) is 18.8 Å². The van der Waals surface area contributed by atoms with Crippen LogP contribution in [0.15, 0.2) is 30.7 Å². The summed E-state index contributed by atoms with van der Waals surface area (Å²) >= 11 is 0. The maximum absolute atomic E-state index is 10.4. The van der Waals surface area contributed by atoms with Gasteiger partial charge in [-0.15, -0.1) is 10.2 Å². The number of hydrogen-bond donors (Lipinski definition) is 1. The van der Waals surface area contributed by atoms with Gasteiger partial charge in [0.1, 0.15) is 17.6 Å². The van der Waals surface area contributed by atoms with Crippen LogP contribution in [0.2, 0.25) is 0 Å². The molecule has 4 aromatic rings. The minimum absolute atomic E-state index is 0.0346. The number of aliphatic hydroxyl groups excluding tert-OH is 1. The van der Waals surface area contributed by atoms with Crippen LogP contribution >= 0.6 is 0 Å². The van der Waals surface area contributed by atoms with Crippen molar-refractivity contribution in [1.29, 1.82) is 0 Å². The van der Waals surface area contributed by atoms with Crippen LogP contribution in [0.3, 0.4) is 0 Å². The van der Waals surface area contributed by atoms with E-state index in [1.54, 1.807) is 20.0 Å². The number of fused-ring (bicyclic) bond motifs is 1. The highest BCUT2D eigenvalue weighted by molar-refractivity contribution is 5.60. The van der Waals surface area contributed by atoms with Crippen molar-refractivity contribution >= 4 is 5.65 Å². The second-order valence-electron chi connectivity index (χ2n) is 6.66. The minimum atomic E-state index is -0.696. The van der Waals surface area contributed by atoms with Gasteiger partial charge in [0.05, 0.1) is 12.4 Å². The molecule has 0 amide bonds. The smallest absolute Gasteiger partial charge is 0.166 e. The van der Waals surface area contributed by atoms with Crippen molar-refractivity contribution in [2.24, 2.45) is 13.0 Å². The number of aryl methyl sites for hydroxylation is 2. The van der Waals surface area contributed by atoms with Crippen LogP contribution in [0, 0.1) is 12.8 Å². The maximum Gasteiger partial charge on any atom is 0.166 e. The van der Waals surface area contributed by atoms with Crippen molar-refractivity contribution in [3.8, 4) is 17.1 Å². The van der Waals surface area contributed by atoms with E-state index >= 15 is 0 Å². The van der Waals surface area contributed by atoms with E-state index in [1.807, 2.05) is 52.3 Å². The van der Waals surface area contributed by atoms with Gasteiger partial charge in [0.15, 0.2) is 17.3 Å². The van der Waals surface area contributed by atoms with Gasteiger partial charge in [0.2, 0.25) is 0 Å². The fourth-order valence-corrected chi connectivity index (χ4v) is 2.84. The molecule has 1 N–H and O–H groups in total. The fourth-order valence-electron chi connectivity index (χ4n) is 2.84. The molecule has 4 heterocycles.